The number of esters is 1. The molecule has 8 atom stereocenters. The fourth-order valence-electron chi connectivity index (χ4n) is 12.5. The van der Waals surface area contributed by atoms with Crippen molar-refractivity contribution >= 4 is 29.4 Å². The molecule has 0 radical (unpaired) electrons. The number of rotatable bonds is 7. The van der Waals surface area contributed by atoms with Crippen molar-refractivity contribution in [3.8, 4) is 0 Å². The maximum absolute atomic E-state index is 14.4. The van der Waals surface area contributed by atoms with Crippen LogP contribution in [-0.4, -0.2) is 44.6 Å². The van der Waals surface area contributed by atoms with Crippen LogP contribution in [0.3, 0.4) is 0 Å². The number of ketones is 1. The maximum atomic E-state index is 14.4. The Morgan fingerprint density at radius 1 is 1.00 bits per heavy atom. The van der Waals surface area contributed by atoms with Crippen LogP contribution in [0.15, 0.2) is 23.4 Å². The quantitative estimate of drug-likeness (QED) is 0.283. The van der Waals surface area contributed by atoms with Gasteiger partial charge in [-0.25, -0.2) is 0 Å². The number of ether oxygens (including phenoxy) is 1. The molecule has 9 nitrogen and oxygen atoms in total. The van der Waals surface area contributed by atoms with Crippen LogP contribution in [0.1, 0.15) is 127 Å². The first kappa shape index (κ1) is 35.8. The summed E-state index contributed by atoms with van der Waals surface area (Å²) in [7, 11) is 1.82. The number of nitrogens with one attached hydrogen (secondary N) is 1. The molecule has 5 aliphatic rings. The average molecular weight is 678 g/mol. The number of aromatic nitrogens is 2. The van der Waals surface area contributed by atoms with Crippen molar-refractivity contribution in [2.24, 2.45) is 63.2 Å². The van der Waals surface area contributed by atoms with E-state index in [1.807, 2.05) is 13.1 Å². The zero-order chi connectivity index (χ0) is 36.1. The number of allylic oxidation sites excluding steroid dienone is 1. The van der Waals surface area contributed by atoms with Gasteiger partial charge in [-0.15, -0.1) is 0 Å². The molecule has 1 amide bonds. The van der Waals surface area contributed by atoms with Gasteiger partial charge in [0, 0.05) is 24.9 Å². The Morgan fingerprint density at radius 3 is 2.31 bits per heavy atom. The minimum absolute atomic E-state index is 0.0116. The van der Waals surface area contributed by atoms with Crippen LogP contribution in [0.4, 0.5) is 5.82 Å². The molecule has 1 aromatic heterocycles. The van der Waals surface area contributed by atoms with Crippen molar-refractivity contribution in [2.45, 2.75) is 133 Å². The second kappa shape index (κ2) is 11.5. The Kier molecular flexibility index (Phi) is 8.43. The van der Waals surface area contributed by atoms with E-state index >= 15 is 0 Å². The number of fused-ring (bicyclic) bond motifs is 7. The number of hydrogen-bond donors (Lipinski definition) is 2. The van der Waals surface area contributed by atoms with E-state index < -0.39 is 22.8 Å². The normalized spacial score (nSPS) is 38.3. The van der Waals surface area contributed by atoms with E-state index in [2.05, 4.69) is 58.9 Å². The fourth-order valence-corrected chi connectivity index (χ4v) is 12.5. The number of carboxylic acid groups (broad SMARTS) is 1. The maximum Gasteiger partial charge on any atom is 0.309 e. The molecule has 2 N–H and O–H groups in total. The molecule has 6 rings (SSSR count). The van der Waals surface area contributed by atoms with E-state index in [0.717, 1.165) is 56.1 Å². The SMILES string of the molecule is CC(C)C1=C2[C@H]3CC[C@@H]4[C@@]5(C)CC[C@H](OC(=O)CC(C)(C)C(=O)O)C(C)(C)[C@@H]5CC[C@@]4(C)[C@]3(C)CC[C@@]2(C(=O)Nc2ccnn2C)CC1=O. The van der Waals surface area contributed by atoms with Gasteiger partial charge in [-0.2, -0.15) is 5.10 Å². The van der Waals surface area contributed by atoms with Crippen LogP contribution in [0.25, 0.3) is 0 Å². The van der Waals surface area contributed by atoms with Crippen molar-refractivity contribution in [3.63, 3.8) is 0 Å². The van der Waals surface area contributed by atoms with E-state index in [-0.39, 0.29) is 64.1 Å². The number of hydrogen-bond acceptors (Lipinski definition) is 6. The van der Waals surface area contributed by atoms with Crippen molar-refractivity contribution in [3.05, 3.63) is 23.4 Å². The summed E-state index contributed by atoms with van der Waals surface area (Å²) >= 11 is 0. The van der Waals surface area contributed by atoms with E-state index in [4.69, 9.17) is 4.74 Å². The molecule has 0 aliphatic heterocycles. The number of carboxylic acids is 1. The lowest BCUT2D eigenvalue weighted by Crippen LogP contribution is -2.66. The number of Topliss-reactive ketones (excluding diaryl/α,β-unsaturated/α-hetero) is 1. The molecule has 0 spiro atoms. The van der Waals surface area contributed by atoms with Gasteiger partial charge in [0.1, 0.15) is 11.9 Å². The molecule has 0 aromatic carbocycles. The van der Waals surface area contributed by atoms with E-state index in [1.54, 1.807) is 24.7 Å². The lowest BCUT2D eigenvalue weighted by Gasteiger charge is -2.72. The number of anilines is 1. The lowest BCUT2D eigenvalue weighted by atomic mass is 9.33. The molecule has 0 bridgehead atoms. The van der Waals surface area contributed by atoms with Gasteiger partial charge in [-0.3, -0.25) is 23.9 Å². The van der Waals surface area contributed by atoms with Crippen molar-refractivity contribution < 1.29 is 29.0 Å². The third-order valence-electron chi connectivity index (χ3n) is 15.3. The van der Waals surface area contributed by atoms with Gasteiger partial charge >= 0.3 is 11.9 Å². The lowest BCUT2D eigenvalue weighted by molar-refractivity contribution is -0.233. The van der Waals surface area contributed by atoms with Crippen LogP contribution in [-0.2, 0) is 31.0 Å². The van der Waals surface area contributed by atoms with Crippen molar-refractivity contribution in [1.82, 2.24) is 9.78 Å². The molecule has 4 saturated carbocycles. The molecule has 49 heavy (non-hydrogen) atoms. The van der Waals surface area contributed by atoms with Gasteiger partial charge in [0.25, 0.3) is 0 Å². The predicted octanol–water partition coefficient (Wildman–Crippen LogP) is 7.75. The fraction of sp³-hybridized carbons (Fsp3) is 0.775. The van der Waals surface area contributed by atoms with Crippen LogP contribution in [0.5, 0.6) is 0 Å². The number of nitrogens with zero attached hydrogens (tertiary/aromatic N) is 2. The first-order valence-corrected chi connectivity index (χ1v) is 18.7. The van der Waals surface area contributed by atoms with E-state index in [1.165, 1.54) is 0 Å². The first-order chi connectivity index (χ1) is 22.7. The molecule has 5 aliphatic carbocycles. The van der Waals surface area contributed by atoms with E-state index in [0.29, 0.717) is 24.1 Å². The number of carbonyl (C=O) groups is 4. The molecule has 270 valence electrons. The average Bonchev–Trinajstić information content (AvgIpc) is 3.54. The Morgan fingerprint density at radius 2 is 1.69 bits per heavy atom. The summed E-state index contributed by atoms with van der Waals surface area (Å²) in [4.78, 5) is 53.1. The number of amides is 1. The highest BCUT2D eigenvalue weighted by atomic mass is 16.5. The van der Waals surface area contributed by atoms with Crippen LogP contribution in [0.2, 0.25) is 0 Å². The number of aryl methyl sites for hydroxylation is 1. The zero-order valence-corrected chi connectivity index (χ0v) is 31.5. The Balaban J connectivity index is 1.31. The molecular weight excluding hydrogens is 618 g/mol. The summed E-state index contributed by atoms with van der Waals surface area (Å²) in [6.45, 7) is 19.4. The molecule has 0 unspecified atom stereocenters. The molecule has 9 heteroatoms. The van der Waals surface area contributed by atoms with Crippen molar-refractivity contribution in [1.29, 1.82) is 0 Å². The summed E-state index contributed by atoms with van der Waals surface area (Å²) in [6.07, 6.45) is 8.89. The van der Waals surface area contributed by atoms with Crippen LogP contribution in [0, 0.1) is 56.2 Å². The molecular formula is C40H59N3O6. The van der Waals surface area contributed by atoms with Crippen LogP contribution >= 0.6 is 0 Å². The summed E-state index contributed by atoms with van der Waals surface area (Å²) in [5.41, 5.74) is -0.244. The predicted molar refractivity (Wildman–Crippen MR) is 187 cm³/mol. The van der Waals surface area contributed by atoms with Gasteiger partial charge in [-0.1, -0.05) is 48.5 Å². The summed E-state index contributed by atoms with van der Waals surface area (Å²) < 4.78 is 7.81. The highest BCUT2D eigenvalue weighted by molar-refractivity contribution is 6.09. The van der Waals surface area contributed by atoms with Gasteiger partial charge in [0.05, 0.1) is 23.4 Å². The third-order valence-corrected chi connectivity index (χ3v) is 15.3. The van der Waals surface area contributed by atoms with E-state index in [9.17, 15) is 24.3 Å². The van der Waals surface area contributed by atoms with Crippen LogP contribution < -0.4 is 5.32 Å². The molecule has 0 saturated heterocycles. The molecule has 1 aromatic rings. The topological polar surface area (TPSA) is 128 Å². The van der Waals surface area contributed by atoms with Gasteiger partial charge in [-0.05, 0) is 116 Å². The Labute approximate surface area is 292 Å². The highest BCUT2D eigenvalue weighted by Gasteiger charge is 2.71. The monoisotopic (exact) mass is 677 g/mol. The smallest absolute Gasteiger partial charge is 0.309 e. The zero-order valence-electron chi connectivity index (χ0n) is 31.5. The third kappa shape index (κ3) is 5.09. The number of carbonyl (C=O) groups excluding carboxylic acids is 3. The minimum Gasteiger partial charge on any atom is -0.481 e. The van der Waals surface area contributed by atoms with Gasteiger partial charge < -0.3 is 15.2 Å². The summed E-state index contributed by atoms with van der Waals surface area (Å²) in [5, 5.41) is 17.0. The molecule has 4 fully saturated rings. The standard InChI is InChI=1S/C40H59N3O6/c1-23(2)31-25(44)21-40(33(46)42-29-15-20-41-43(29)10)19-18-38(8)24(32(31)40)11-12-27-37(7)16-14-28(49-30(45)22-35(3,4)34(47)48)36(5,6)26(37)13-17-39(27,38)9/h15,20,23-24,26-28H,11-14,16-19,21-22H2,1-10H3,(H,42,46)(H,47,48)/t24-,26+,27-,28+,37+,38-,39-,40-/m1/s1. The Bertz CT molecular complexity index is 1600. The Hall–Kier alpha value is -2.97. The van der Waals surface area contributed by atoms with Crippen molar-refractivity contribution in [2.75, 3.05) is 5.32 Å². The second-order valence-corrected chi connectivity index (χ2v) is 18.8. The minimum atomic E-state index is -1.17. The largest absolute Gasteiger partial charge is 0.481 e. The van der Waals surface area contributed by atoms with Gasteiger partial charge in [0.2, 0.25) is 5.91 Å². The summed E-state index contributed by atoms with van der Waals surface area (Å²) in [5.74, 6) is 0.306. The first-order valence-electron chi connectivity index (χ1n) is 18.7. The molecule has 1 heterocycles. The summed E-state index contributed by atoms with van der Waals surface area (Å²) in [6, 6.07) is 1.81. The highest BCUT2D eigenvalue weighted by Crippen LogP contribution is 2.76. The second-order valence-electron chi connectivity index (χ2n) is 18.8. The van der Waals surface area contributed by atoms with Gasteiger partial charge in [0.15, 0.2) is 5.78 Å². The number of aliphatic carboxylic acids is 1.